The van der Waals surface area contributed by atoms with E-state index >= 15 is 0 Å². The summed E-state index contributed by atoms with van der Waals surface area (Å²) >= 11 is 0. The van der Waals surface area contributed by atoms with E-state index in [-0.39, 0.29) is 5.91 Å². The number of benzene rings is 1. The molecular formula is C21H22N4O2. The summed E-state index contributed by atoms with van der Waals surface area (Å²) in [5, 5.41) is 21.5. The third-order valence-electron chi connectivity index (χ3n) is 4.62. The molecule has 1 aromatic heterocycles. The van der Waals surface area contributed by atoms with Gasteiger partial charge >= 0.3 is 0 Å². The lowest BCUT2D eigenvalue weighted by Gasteiger charge is -2.15. The molecule has 1 aliphatic rings. The highest BCUT2D eigenvalue weighted by atomic mass is 16.3. The molecule has 6 nitrogen and oxygen atoms in total. The zero-order chi connectivity index (χ0) is 19.3. The summed E-state index contributed by atoms with van der Waals surface area (Å²) in [6.45, 7) is 1.91. The van der Waals surface area contributed by atoms with Gasteiger partial charge in [0.05, 0.1) is 5.69 Å². The third kappa shape index (κ3) is 4.78. The van der Waals surface area contributed by atoms with Crippen LogP contribution in [0.4, 0.5) is 5.69 Å². The van der Waals surface area contributed by atoms with Crippen LogP contribution in [0.3, 0.4) is 0 Å². The van der Waals surface area contributed by atoms with Crippen LogP contribution in [0.5, 0.6) is 0 Å². The second-order valence-corrected chi connectivity index (χ2v) is 6.67. The van der Waals surface area contributed by atoms with E-state index in [2.05, 4.69) is 26.4 Å². The Labute approximate surface area is 158 Å². The summed E-state index contributed by atoms with van der Waals surface area (Å²) in [6.07, 6.45) is 8.21. The fourth-order valence-electron chi connectivity index (χ4n) is 2.85. The van der Waals surface area contributed by atoms with Crippen LogP contribution in [0.1, 0.15) is 48.6 Å². The molecule has 1 aliphatic heterocycles. The molecule has 0 fully saturated rings. The highest BCUT2D eigenvalue weighted by molar-refractivity contribution is 5.91. The summed E-state index contributed by atoms with van der Waals surface area (Å²) in [4.78, 5) is 16.5. The Hall–Kier alpha value is -3.04. The normalized spacial score (nSPS) is 15.0. The van der Waals surface area contributed by atoms with E-state index in [0.717, 1.165) is 5.56 Å². The number of pyridine rings is 1. The predicted molar refractivity (Wildman–Crippen MR) is 103 cm³/mol. The minimum atomic E-state index is -0.849. The first-order valence-electron chi connectivity index (χ1n) is 8.90. The van der Waals surface area contributed by atoms with Crippen LogP contribution < -0.4 is 5.32 Å². The number of carbonyl (C=O) groups is 1. The van der Waals surface area contributed by atoms with E-state index in [9.17, 15) is 9.90 Å². The maximum absolute atomic E-state index is 12.4. The quantitative estimate of drug-likeness (QED) is 0.701. The van der Waals surface area contributed by atoms with E-state index in [0.29, 0.717) is 42.6 Å². The lowest BCUT2D eigenvalue weighted by molar-refractivity contribution is -0.116. The van der Waals surface area contributed by atoms with Crippen molar-refractivity contribution in [1.82, 2.24) is 4.98 Å². The van der Waals surface area contributed by atoms with Crippen molar-refractivity contribution in [2.75, 3.05) is 5.32 Å². The maximum atomic E-state index is 12.4. The number of anilines is 1. The monoisotopic (exact) mass is 362 g/mol. The van der Waals surface area contributed by atoms with Crippen LogP contribution in [0.2, 0.25) is 0 Å². The molecule has 0 saturated heterocycles. The van der Waals surface area contributed by atoms with Gasteiger partial charge in [-0.1, -0.05) is 18.2 Å². The Morgan fingerprint density at radius 1 is 1.30 bits per heavy atom. The molecule has 0 saturated carbocycles. The number of nitrogens with one attached hydrogen (secondary N) is 1. The Bertz CT molecular complexity index is 881. The van der Waals surface area contributed by atoms with Crippen LogP contribution in [-0.2, 0) is 4.79 Å². The molecule has 0 aliphatic carbocycles. The third-order valence-corrected chi connectivity index (χ3v) is 4.62. The van der Waals surface area contributed by atoms with Gasteiger partial charge in [0.2, 0.25) is 5.91 Å². The number of carbonyl (C=O) groups excluding carboxylic acids is 1. The molecule has 0 radical (unpaired) electrons. The first-order valence-corrected chi connectivity index (χ1v) is 8.90. The van der Waals surface area contributed by atoms with Gasteiger partial charge in [-0.05, 0) is 36.2 Å². The summed E-state index contributed by atoms with van der Waals surface area (Å²) in [7, 11) is 0. The zero-order valence-corrected chi connectivity index (χ0v) is 15.2. The minimum absolute atomic E-state index is 0.111. The summed E-state index contributed by atoms with van der Waals surface area (Å²) in [6, 6.07) is 10.9. The molecule has 27 heavy (non-hydrogen) atoms. The van der Waals surface area contributed by atoms with Crippen LogP contribution in [0.15, 0.2) is 52.8 Å². The molecule has 1 aromatic carbocycles. The maximum Gasteiger partial charge on any atom is 0.224 e. The van der Waals surface area contributed by atoms with Gasteiger partial charge in [-0.15, -0.1) is 12.3 Å². The van der Waals surface area contributed by atoms with Crippen LogP contribution in [0.25, 0.3) is 0 Å². The number of nitrogens with zero attached hydrogens (tertiary/aromatic N) is 3. The van der Waals surface area contributed by atoms with Crippen molar-refractivity contribution in [1.29, 1.82) is 0 Å². The van der Waals surface area contributed by atoms with Crippen molar-refractivity contribution in [3.63, 3.8) is 0 Å². The van der Waals surface area contributed by atoms with Crippen molar-refractivity contribution in [3.8, 4) is 12.3 Å². The topological polar surface area (TPSA) is 86.9 Å². The average Bonchev–Trinajstić information content (AvgIpc) is 3.47. The molecule has 2 heterocycles. The van der Waals surface area contributed by atoms with Gasteiger partial charge < -0.3 is 10.4 Å². The van der Waals surface area contributed by atoms with Gasteiger partial charge in [-0.3, -0.25) is 9.78 Å². The van der Waals surface area contributed by atoms with Crippen LogP contribution >= 0.6 is 0 Å². The van der Waals surface area contributed by atoms with Gasteiger partial charge in [-0.2, -0.15) is 10.2 Å². The molecule has 0 bridgehead atoms. The van der Waals surface area contributed by atoms with Crippen molar-refractivity contribution >= 4 is 11.6 Å². The second-order valence-electron chi connectivity index (χ2n) is 6.67. The van der Waals surface area contributed by atoms with Crippen molar-refractivity contribution < 1.29 is 9.90 Å². The highest BCUT2D eigenvalue weighted by Crippen LogP contribution is 2.37. The van der Waals surface area contributed by atoms with Crippen molar-refractivity contribution in [3.05, 3.63) is 59.4 Å². The molecule has 3 rings (SSSR count). The SMILES string of the molecule is C#CCCC1(CCC(=O)Nc2cc(C(O)c3ccccn3)ccc2C)N=N1. The van der Waals surface area contributed by atoms with Gasteiger partial charge in [0.25, 0.3) is 0 Å². The van der Waals surface area contributed by atoms with Crippen molar-refractivity contribution in [2.24, 2.45) is 10.2 Å². The van der Waals surface area contributed by atoms with Crippen LogP contribution in [-0.4, -0.2) is 21.7 Å². The smallest absolute Gasteiger partial charge is 0.224 e. The number of aryl methyl sites for hydroxylation is 1. The summed E-state index contributed by atoms with van der Waals surface area (Å²) in [5.74, 6) is 2.47. The lowest BCUT2D eigenvalue weighted by Crippen LogP contribution is -2.18. The zero-order valence-electron chi connectivity index (χ0n) is 15.2. The van der Waals surface area contributed by atoms with E-state index in [1.807, 2.05) is 25.1 Å². The van der Waals surface area contributed by atoms with Gasteiger partial charge in [-0.25, -0.2) is 0 Å². The molecular weight excluding hydrogens is 340 g/mol. The standard InChI is InChI=1S/C21H22N4O2/c1-3-4-11-21(24-25-21)12-10-19(26)23-18-14-16(9-8-15(18)2)20(27)17-7-5-6-13-22-17/h1,5-9,13-14,20,27H,4,10-12H2,2H3,(H,23,26). The fraction of sp³-hybridized carbons (Fsp3) is 0.333. The summed E-state index contributed by atoms with van der Waals surface area (Å²) in [5.41, 5.74) is 2.37. The van der Waals surface area contributed by atoms with E-state index < -0.39 is 11.8 Å². The number of aromatic nitrogens is 1. The summed E-state index contributed by atoms with van der Waals surface area (Å²) < 4.78 is 0. The Kier molecular flexibility index (Phi) is 5.63. The van der Waals surface area contributed by atoms with Crippen molar-refractivity contribution in [2.45, 2.75) is 44.4 Å². The first-order chi connectivity index (χ1) is 13.0. The Morgan fingerprint density at radius 2 is 2.11 bits per heavy atom. The van der Waals surface area contributed by atoms with E-state index in [4.69, 9.17) is 6.42 Å². The Balaban J connectivity index is 1.63. The van der Waals surface area contributed by atoms with Gasteiger partial charge in [0, 0.05) is 37.6 Å². The van der Waals surface area contributed by atoms with Crippen LogP contribution in [0, 0.1) is 19.3 Å². The number of aliphatic hydroxyl groups is 1. The van der Waals surface area contributed by atoms with Gasteiger partial charge in [0.15, 0.2) is 5.66 Å². The first kappa shape index (κ1) is 18.7. The minimum Gasteiger partial charge on any atom is -0.382 e. The number of aliphatic hydroxyl groups excluding tert-OH is 1. The molecule has 2 N–H and O–H groups in total. The number of hydrogen-bond donors (Lipinski definition) is 2. The molecule has 6 heteroatoms. The number of terminal acetylenes is 1. The average molecular weight is 362 g/mol. The predicted octanol–water partition coefficient (Wildman–Crippen LogP) is 3.77. The van der Waals surface area contributed by atoms with Gasteiger partial charge in [0.1, 0.15) is 6.10 Å². The number of rotatable bonds is 8. The molecule has 1 atom stereocenters. The highest BCUT2D eigenvalue weighted by Gasteiger charge is 2.39. The Morgan fingerprint density at radius 3 is 2.78 bits per heavy atom. The number of hydrogen-bond acceptors (Lipinski definition) is 5. The van der Waals surface area contributed by atoms with E-state index in [1.54, 1.807) is 24.4 Å². The number of amides is 1. The second kappa shape index (κ2) is 8.11. The lowest BCUT2D eigenvalue weighted by atomic mass is 10.0. The molecule has 1 unspecified atom stereocenters. The molecule has 2 aromatic rings. The largest absolute Gasteiger partial charge is 0.382 e. The molecule has 138 valence electrons. The molecule has 0 spiro atoms. The molecule has 1 amide bonds. The van der Waals surface area contributed by atoms with E-state index in [1.165, 1.54) is 0 Å². The fourth-order valence-corrected chi connectivity index (χ4v) is 2.85.